The van der Waals surface area contributed by atoms with Crippen molar-refractivity contribution in [2.24, 2.45) is 11.3 Å². The molecule has 4 heterocycles. The fraction of sp³-hybridized carbons (Fsp3) is 0.793. The summed E-state index contributed by atoms with van der Waals surface area (Å²) >= 11 is 0. The smallest absolute Gasteiger partial charge is 0.120 e. The van der Waals surface area contributed by atoms with E-state index in [0.29, 0.717) is 11.5 Å². The topological polar surface area (TPSA) is 67.1 Å². The Balaban J connectivity index is 0.968. The number of aromatic nitrogens is 4. The van der Waals surface area contributed by atoms with E-state index in [1.807, 2.05) is 24.8 Å². The van der Waals surface area contributed by atoms with Crippen LogP contribution in [0.3, 0.4) is 0 Å². The molecular weight excluding hydrogens is 446 g/mol. The summed E-state index contributed by atoms with van der Waals surface area (Å²) in [5, 5.41) is 0. The molecular formula is C29H47N7. The number of nitrogens with zero attached hydrogens (tertiary/aromatic N) is 5. The van der Waals surface area contributed by atoms with Gasteiger partial charge in [0.15, 0.2) is 0 Å². The molecule has 4 aliphatic rings. The normalized spacial score (nSPS) is 28.4. The number of piperidine rings is 1. The molecule has 2 saturated carbocycles. The first-order valence-electron chi connectivity index (χ1n) is 14.9. The van der Waals surface area contributed by atoms with Crippen LogP contribution in [0, 0.1) is 11.3 Å². The van der Waals surface area contributed by atoms with E-state index in [2.05, 4.69) is 34.6 Å². The third-order valence-electron chi connectivity index (χ3n) is 10.1. The average Bonchev–Trinajstić information content (AvgIpc) is 3.69. The van der Waals surface area contributed by atoms with Crippen LogP contribution in [0.25, 0.3) is 0 Å². The Bertz CT molecular complexity index is 852. The first kappa shape index (κ1) is 24.6. The highest BCUT2D eigenvalue weighted by Gasteiger charge is 2.42. The maximum atomic E-state index is 4.50. The predicted octanol–water partition coefficient (Wildman–Crippen LogP) is 4.81. The average molecular weight is 494 g/mol. The number of hydrogen-bond acceptors (Lipinski definition) is 5. The predicted molar refractivity (Wildman–Crippen MR) is 143 cm³/mol. The SMILES string of the molecule is c1c[nH]c(CN(Cc2ncc[nH]2)[C@H]2CC[C@H](CN3CCC4(CCN(C5CCCCC5)CC4)C3)CC2)n1. The summed E-state index contributed by atoms with van der Waals surface area (Å²) in [4.78, 5) is 23.9. The van der Waals surface area contributed by atoms with E-state index >= 15 is 0 Å². The molecule has 2 saturated heterocycles. The van der Waals surface area contributed by atoms with Crippen molar-refractivity contribution < 1.29 is 0 Å². The molecule has 0 radical (unpaired) electrons. The van der Waals surface area contributed by atoms with Crippen molar-refractivity contribution in [3.63, 3.8) is 0 Å². The van der Waals surface area contributed by atoms with E-state index < -0.39 is 0 Å². The molecule has 2 aromatic heterocycles. The molecule has 6 rings (SSSR count). The minimum absolute atomic E-state index is 0.616. The zero-order chi connectivity index (χ0) is 24.2. The molecule has 7 heteroatoms. The number of aromatic amines is 2. The Morgan fingerprint density at radius 2 is 1.44 bits per heavy atom. The summed E-state index contributed by atoms with van der Waals surface area (Å²) in [5.41, 5.74) is 0.630. The van der Waals surface area contributed by atoms with Gasteiger partial charge in [0.05, 0.1) is 13.1 Å². The molecule has 7 nitrogen and oxygen atoms in total. The van der Waals surface area contributed by atoms with Crippen LogP contribution in [0.4, 0.5) is 0 Å². The highest BCUT2D eigenvalue weighted by molar-refractivity contribution is 4.97. The van der Waals surface area contributed by atoms with E-state index in [1.54, 1.807) is 0 Å². The van der Waals surface area contributed by atoms with Crippen LogP contribution in [-0.2, 0) is 13.1 Å². The maximum absolute atomic E-state index is 4.50. The van der Waals surface area contributed by atoms with Gasteiger partial charge in [-0.25, -0.2) is 9.97 Å². The van der Waals surface area contributed by atoms with Gasteiger partial charge >= 0.3 is 0 Å². The Hall–Kier alpha value is -1.70. The lowest BCUT2D eigenvalue weighted by Gasteiger charge is -2.44. The zero-order valence-corrected chi connectivity index (χ0v) is 22.2. The van der Waals surface area contributed by atoms with Gasteiger partial charge in [-0.05, 0) is 88.8 Å². The first-order chi connectivity index (χ1) is 17.7. The zero-order valence-electron chi connectivity index (χ0n) is 22.2. The second kappa shape index (κ2) is 11.4. The van der Waals surface area contributed by atoms with Crippen LogP contribution in [-0.4, -0.2) is 79.4 Å². The molecule has 0 unspecified atom stereocenters. The van der Waals surface area contributed by atoms with Crippen LogP contribution in [0.1, 0.15) is 88.7 Å². The van der Waals surface area contributed by atoms with Crippen LogP contribution in [0.15, 0.2) is 24.8 Å². The molecule has 2 aliphatic heterocycles. The molecule has 2 aromatic rings. The minimum atomic E-state index is 0.616. The van der Waals surface area contributed by atoms with Crippen LogP contribution in [0.2, 0.25) is 0 Å². The van der Waals surface area contributed by atoms with Crippen LogP contribution < -0.4 is 0 Å². The van der Waals surface area contributed by atoms with Crippen molar-refractivity contribution in [3.05, 3.63) is 36.4 Å². The monoisotopic (exact) mass is 493 g/mol. The van der Waals surface area contributed by atoms with Gasteiger partial charge in [0, 0.05) is 50.0 Å². The van der Waals surface area contributed by atoms with Gasteiger partial charge in [0.25, 0.3) is 0 Å². The number of hydrogen-bond donors (Lipinski definition) is 2. The van der Waals surface area contributed by atoms with Gasteiger partial charge in [-0.3, -0.25) is 4.90 Å². The molecule has 2 aliphatic carbocycles. The van der Waals surface area contributed by atoms with Crippen molar-refractivity contribution in [2.75, 3.05) is 32.7 Å². The summed E-state index contributed by atoms with van der Waals surface area (Å²) in [6.07, 6.45) is 24.5. The van der Waals surface area contributed by atoms with Crippen molar-refractivity contribution in [1.82, 2.24) is 34.6 Å². The fourth-order valence-corrected chi connectivity index (χ4v) is 7.93. The lowest BCUT2D eigenvalue weighted by atomic mass is 9.77. The quantitative estimate of drug-likeness (QED) is 0.552. The van der Waals surface area contributed by atoms with Crippen molar-refractivity contribution in [1.29, 1.82) is 0 Å². The van der Waals surface area contributed by atoms with E-state index in [9.17, 15) is 0 Å². The Morgan fingerprint density at radius 1 is 0.806 bits per heavy atom. The van der Waals surface area contributed by atoms with Crippen LogP contribution >= 0.6 is 0 Å². The second-order valence-electron chi connectivity index (χ2n) is 12.5. The first-order valence-corrected chi connectivity index (χ1v) is 14.9. The molecule has 4 fully saturated rings. The standard InChI is InChI=1S/C29H47N7/c1-2-4-25(5-3-1)35-18-11-29(12-19-35)10-17-34(23-29)20-24-6-8-26(9-7-24)36(21-27-30-13-14-31-27)22-28-32-15-16-33-28/h13-16,24-26H,1-12,17-23H2,(H,30,31)(H,32,33)/t24-,26-. The van der Waals surface area contributed by atoms with Crippen molar-refractivity contribution in [2.45, 2.75) is 102 Å². The maximum Gasteiger partial charge on any atom is 0.120 e. The highest BCUT2D eigenvalue weighted by atomic mass is 15.2. The van der Waals surface area contributed by atoms with E-state index in [1.165, 1.54) is 110 Å². The third-order valence-corrected chi connectivity index (χ3v) is 10.1. The molecule has 1 spiro atoms. The summed E-state index contributed by atoms with van der Waals surface area (Å²) < 4.78 is 0. The highest BCUT2D eigenvalue weighted by Crippen LogP contribution is 2.42. The van der Waals surface area contributed by atoms with Gasteiger partial charge in [-0.1, -0.05) is 19.3 Å². The van der Waals surface area contributed by atoms with Gasteiger partial charge in [0.2, 0.25) is 0 Å². The molecule has 0 atom stereocenters. The van der Waals surface area contributed by atoms with E-state index in [4.69, 9.17) is 0 Å². The van der Waals surface area contributed by atoms with Gasteiger partial charge in [-0.2, -0.15) is 0 Å². The third kappa shape index (κ3) is 5.89. The summed E-state index contributed by atoms with van der Waals surface area (Å²) in [7, 11) is 0. The minimum Gasteiger partial charge on any atom is -0.348 e. The van der Waals surface area contributed by atoms with Crippen molar-refractivity contribution >= 4 is 0 Å². The molecule has 198 valence electrons. The largest absolute Gasteiger partial charge is 0.348 e. The van der Waals surface area contributed by atoms with Gasteiger partial charge < -0.3 is 19.8 Å². The fourth-order valence-electron chi connectivity index (χ4n) is 7.93. The molecule has 0 bridgehead atoms. The number of likely N-dealkylation sites (tertiary alicyclic amines) is 2. The lowest BCUT2D eigenvalue weighted by Crippen LogP contribution is -2.47. The summed E-state index contributed by atoms with van der Waals surface area (Å²) in [6, 6.07) is 1.52. The summed E-state index contributed by atoms with van der Waals surface area (Å²) in [5.74, 6) is 2.98. The molecule has 0 amide bonds. The Kier molecular flexibility index (Phi) is 7.77. The molecule has 0 aromatic carbocycles. The van der Waals surface area contributed by atoms with Crippen LogP contribution in [0.5, 0.6) is 0 Å². The van der Waals surface area contributed by atoms with Gasteiger partial charge in [0.1, 0.15) is 11.6 Å². The van der Waals surface area contributed by atoms with E-state index in [-0.39, 0.29) is 0 Å². The molecule has 36 heavy (non-hydrogen) atoms. The number of rotatable bonds is 8. The second-order valence-corrected chi connectivity index (χ2v) is 12.5. The van der Waals surface area contributed by atoms with Crippen molar-refractivity contribution in [3.8, 4) is 0 Å². The number of nitrogens with one attached hydrogen (secondary N) is 2. The molecule has 2 N–H and O–H groups in total. The Labute approximate surface area is 217 Å². The summed E-state index contributed by atoms with van der Waals surface area (Å²) in [6.45, 7) is 8.51. The Morgan fingerprint density at radius 3 is 2.06 bits per heavy atom. The number of H-pyrrole nitrogens is 2. The van der Waals surface area contributed by atoms with E-state index in [0.717, 1.165) is 36.7 Å². The van der Waals surface area contributed by atoms with Gasteiger partial charge in [-0.15, -0.1) is 0 Å². The number of imidazole rings is 2. The lowest BCUT2D eigenvalue weighted by molar-refractivity contribution is 0.0588.